The lowest BCUT2D eigenvalue weighted by Crippen LogP contribution is -1.86. The Kier molecular flexibility index (Phi) is 2.86. The Balaban J connectivity index is 2.12. The van der Waals surface area contributed by atoms with Crippen molar-refractivity contribution in [2.45, 2.75) is 5.88 Å². The van der Waals surface area contributed by atoms with E-state index in [1.807, 2.05) is 36.4 Å². The van der Waals surface area contributed by atoms with Gasteiger partial charge in [-0.15, -0.1) is 11.6 Å². The number of alkyl halides is 1. The van der Waals surface area contributed by atoms with Gasteiger partial charge in [-0.1, -0.05) is 29.4 Å². The number of nitrogens with zero attached hydrogens (tertiary/aromatic N) is 2. The van der Waals surface area contributed by atoms with Crippen LogP contribution in [0.5, 0.6) is 0 Å². The van der Waals surface area contributed by atoms with Gasteiger partial charge in [-0.05, 0) is 12.1 Å². The summed E-state index contributed by atoms with van der Waals surface area (Å²) in [5.41, 5.74) is 1.77. The molecule has 0 saturated heterocycles. The summed E-state index contributed by atoms with van der Waals surface area (Å²) < 4.78 is 10.4. The van der Waals surface area contributed by atoms with E-state index in [9.17, 15) is 0 Å². The van der Waals surface area contributed by atoms with Gasteiger partial charge in [-0.3, -0.25) is 0 Å². The normalized spacial score (nSPS) is 10.7. The van der Waals surface area contributed by atoms with E-state index in [1.165, 1.54) is 0 Å². The molecular formula is C13H9ClN2O2. The molecule has 0 aliphatic carbocycles. The summed E-state index contributed by atoms with van der Waals surface area (Å²) in [6, 6.07) is 11.4. The van der Waals surface area contributed by atoms with Crippen molar-refractivity contribution in [3.63, 3.8) is 0 Å². The number of rotatable bonds is 3. The lowest BCUT2D eigenvalue weighted by atomic mass is 10.1. The Morgan fingerprint density at radius 2 is 1.89 bits per heavy atom. The molecule has 2 heterocycles. The highest BCUT2D eigenvalue weighted by atomic mass is 35.5. The maximum atomic E-state index is 5.65. The fraction of sp³-hybridized carbons (Fsp3) is 0.0769. The quantitative estimate of drug-likeness (QED) is 0.673. The Morgan fingerprint density at radius 1 is 1.06 bits per heavy atom. The van der Waals surface area contributed by atoms with Gasteiger partial charge >= 0.3 is 0 Å². The van der Waals surface area contributed by atoms with Crippen LogP contribution in [0.2, 0.25) is 0 Å². The zero-order chi connectivity index (χ0) is 12.4. The minimum absolute atomic E-state index is 0.204. The number of benzene rings is 1. The number of hydrogen-bond donors (Lipinski definition) is 0. The molecule has 0 fully saturated rings. The molecule has 0 radical (unpaired) electrons. The molecule has 0 bridgehead atoms. The molecule has 1 aromatic carbocycles. The molecule has 0 unspecified atom stereocenters. The fourth-order valence-electron chi connectivity index (χ4n) is 1.74. The second kappa shape index (κ2) is 4.66. The van der Waals surface area contributed by atoms with Crippen molar-refractivity contribution >= 4 is 11.6 Å². The molecular weight excluding hydrogens is 252 g/mol. The van der Waals surface area contributed by atoms with E-state index >= 15 is 0 Å². The molecule has 18 heavy (non-hydrogen) atoms. The first kappa shape index (κ1) is 11.0. The molecule has 90 valence electrons. The Labute approximate surface area is 108 Å². The molecule has 0 saturated carbocycles. The van der Waals surface area contributed by atoms with E-state index in [4.69, 9.17) is 20.5 Å². The van der Waals surface area contributed by atoms with Gasteiger partial charge in [0.1, 0.15) is 11.6 Å². The lowest BCUT2D eigenvalue weighted by Gasteiger charge is -2.02. The van der Waals surface area contributed by atoms with E-state index in [0.717, 1.165) is 16.9 Å². The van der Waals surface area contributed by atoms with Crippen LogP contribution >= 0.6 is 11.6 Å². The van der Waals surface area contributed by atoms with Crippen LogP contribution < -0.4 is 0 Å². The maximum absolute atomic E-state index is 5.65. The molecule has 5 heteroatoms. The SMILES string of the molecule is ClCc1nc(-c2ccccc2-c2ccco2)no1. The van der Waals surface area contributed by atoms with Crippen molar-refractivity contribution in [1.29, 1.82) is 0 Å². The molecule has 0 amide bonds. The van der Waals surface area contributed by atoms with Crippen molar-refractivity contribution in [3.8, 4) is 22.7 Å². The monoisotopic (exact) mass is 260 g/mol. The first-order valence-electron chi connectivity index (χ1n) is 5.40. The van der Waals surface area contributed by atoms with E-state index in [-0.39, 0.29) is 5.88 Å². The van der Waals surface area contributed by atoms with Gasteiger partial charge in [0.05, 0.1) is 6.26 Å². The topological polar surface area (TPSA) is 52.1 Å². The summed E-state index contributed by atoms with van der Waals surface area (Å²) in [7, 11) is 0. The number of furan rings is 1. The second-order valence-electron chi connectivity index (χ2n) is 3.67. The Bertz CT molecular complexity index is 647. The zero-order valence-electron chi connectivity index (χ0n) is 9.34. The smallest absolute Gasteiger partial charge is 0.241 e. The molecule has 3 aromatic rings. The van der Waals surface area contributed by atoms with E-state index in [2.05, 4.69) is 10.1 Å². The van der Waals surface area contributed by atoms with E-state index < -0.39 is 0 Å². The standard InChI is InChI=1S/C13H9ClN2O2/c14-8-12-15-13(16-18-12)10-5-2-1-4-9(10)11-6-3-7-17-11/h1-7H,8H2. The van der Waals surface area contributed by atoms with Crippen LogP contribution in [0.3, 0.4) is 0 Å². The van der Waals surface area contributed by atoms with Crippen molar-refractivity contribution in [1.82, 2.24) is 10.1 Å². The third-order valence-electron chi connectivity index (χ3n) is 2.54. The molecule has 2 aromatic heterocycles. The fourth-order valence-corrected chi connectivity index (χ4v) is 1.85. The third-order valence-corrected chi connectivity index (χ3v) is 2.77. The molecule has 3 rings (SSSR count). The van der Waals surface area contributed by atoms with Crippen molar-refractivity contribution in [2.75, 3.05) is 0 Å². The van der Waals surface area contributed by atoms with Crippen molar-refractivity contribution in [3.05, 3.63) is 48.6 Å². The number of aromatic nitrogens is 2. The van der Waals surface area contributed by atoms with Crippen LogP contribution in [0, 0.1) is 0 Å². The van der Waals surface area contributed by atoms with Gasteiger partial charge in [0.15, 0.2) is 0 Å². The van der Waals surface area contributed by atoms with Gasteiger partial charge in [0, 0.05) is 11.1 Å². The van der Waals surface area contributed by atoms with Gasteiger partial charge in [0.2, 0.25) is 11.7 Å². The summed E-state index contributed by atoms with van der Waals surface area (Å²) in [5, 5.41) is 3.92. The Morgan fingerprint density at radius 3 is 2.56 bits per heavy atom. The molecule has 0 aliphatic heterocycles. The predicted molar refractivity (Wildman–Crippen MR) is 67.0 cm³/mol. The third kappa shape index (κ3) is 1.91. The van der Waals surface area contributed by atoms with Crippen LogP contribution in [-0.4, -0.2) is 10.1 Å². The minimum Gasteiger partial charge on any atom is -0.464 e. The summed E-state index contributed by atoms with van der Waals surface area (Å²) >= 11 is 5.65. The van der Waals surface area contributed by atoms with Gasteiger partial charge in [0.25, 0.3) is 0 Å². The summed E-state index contributed by atoms with van der Waals surface area (Å²) in [4.78, 5) is 4.22. The van der Waals surface area contributed by atoms with Gasteiger partial charge in [-0.25, -0.2) is 0 Å². The van der Waals surface area contributed by atoms with Crippen molar-refractivity contribution in [2.24, 2.45) is 0 Å². The van der Waals surface area contributed by atoms with Crippen LogP contribution in [0.25, 0.3) is 22.7 Å². The molecule has 0 spiro atoms. The number of hydrogen-bond acceptors (Lipinski definition) is 4. The van der Waals surface area contributed by atoms with E-state index in [1.54, 1.807) is 6.26 Å². The zero-order valence-corrected chi connectivity index (χ0v) is 10.1. The second-order valence-corrected chi connectivity index (χ2v) is 3.94. The molecule has 0 aliphatic rings. The molecule has 0 atom stereocenters. The summed E-state index contributed by atoms with van der Waals surface area (Å²) in [5.74, 6) is 1.89. The minimum atomic E-state index is 0.204. The highest BCUT2D eigenvalue weighted by molar-refractivity contribution is 6.16. The van der Waals surface area contributed by atoms with Gasteiger partial charge < -0.3 is 8.94 Å². The van der Waals surface area contributed by atoms with Crippen LogP contribution in [0.4, 0.5) is 0 Å². The largest absolute Gasteiger partial charge is 0.464 e. The summed E-state index contributed by atoms with van der Waals surface area (Å²) in [6.07, 6.45) is 1.63. The first-order chi connectivity index (χ1) is 8.88. The van der Waals surface area contributed by atoms with E-state index in [0.29, 0.717) is 11.7 Å². The van der Waals surface area contributed by atoms with Crippen LogP contribution in [0.1, 0.15) is 5.89 Å². The van der Waals surface area contributed by atoms with Gasteiger partial charge in [-0.2, -0.15) is 4.98 Å². The average Bonchev–Trinajstić information content (AvgIpc) is 3.10. The summed E-state index contributed by atoms with van der Waals surface area (Å²) in [6.45, 7) is 0. The lowest BCUT2D eigenvalue weighted by molar-refractivity contribution is 0.391. The highest BCUT2D eigenvalue weighted by Crippen LogP contribution is 2.30. The average molecular weight is 261 g/mol. The Hall–Kier alpha value is -2.07. The highest BCUT2D eigenvalue weighted by Gasteiger charge is 2.14. The predicted octanol–water partition coefficient (Wildman–Crippen LogP) is 3.74. The van der Waals surface area contributed by atoms with Crippen LogP contribution in [0.15, 0.2) is 51.6 Å². The molecule has 0 N–H and O–H groups in total. The maximum Gasteiger partial charge on any atom is 0.241 e. The van der Waals surface area contributed by atoms with Crippen molar-refractivity contribution < 1.29 is 8.94 Å². The molecule has 4 nitrogen and oxygen atoms in total. The van der Waals surface area contributed by atoms with Crippen LogP contribution in [-0.2, 0) is 5.88 Å². The first-order valence-corrected chi connectivity index (χ1v) is 5.94. The number of halogens is 1.